The highest BCUT2D eigenvalue weighted by molar-refractivity contribution is 7.12. The molecule has 25 heavy (non-hydrogen) atoms. The molecule has 1 aromatic heterocycles. The topological polar surface area (TPSA) is 62.3 Å². The van der Waals surface area contributed by atoms with E-state index in [9.17, 15) is 9.59 Å². The standard InChI is InChI=1S/C19H23N3O2S/c1-13-5-7-15(8-6-13)19-16(25-14(2)21-19)11-17(23)20-12-18(24)22-9-3-4-10-22/h5-8H,3-4,9-12H2,1-2H3,(H,20,23). The molecule has 0 spiro atoms. The number of nitrogens with zero attached hydrogens (tertiary/aromatic N) is 2. The Bertz CT molecular complexity index is 761. The van der Waals surface area contributed by atoms with Crippen LogP contribution in [0, 0.1) is 13.8 Å². The molecular formula is C19H23N3O2S. The van der Waals surface area contributed by atoms with E-state index in [1.165, 1.54) is 16.9 Å². The number of carbonyl (C=O) groups excluding carboxylic acids is 2. The van der Waals surface area contributed by atoms with Gasteiger partial charge in [-0.1, -0.05) is 29.8 Å². The van der Waals surface area contributed by atoms with E-state index in [1.54, 1.807) is 0 Å². The first kappa shape index (κ1) is 17.6. The van der Waals surface area contributed by atoms with Gasteiger partial charge in [0.05, 0.1) is 23.7 Å². The molecule has 1 aliphatic heterocycles. The fraction of sp³-hybridized carbons (Fsp3) is 0.421. The number of hydrogen-bond donors (Lipinski definition) is 1. The fourth-order valence-electron chi connectivity index (χ4n) is 2.99. The molecule has 132 valence electrons. The van der Waals surface area contributed by atoms with Crippen molar-refractivity contribution < 1.29 is 9.59 Å². The summed E-state index contributed by atoms with van der Waals surface area (Å²) in [6, 6.07) is 8.15. The van der Waals surface area contributed by atoms with Gasteiger partial charge in [-0.3, -0.25) is 9.59 Å². The molecule has 2 heterocycles. The van der Waals surface area contributed by atoms with E-state index in [0.29, 0.717) is 0 Å². The quantitative estimate of drug-likeness (QED) is 0.895. The molecule has 1 aromatic carbocycles. The smallest absolute Gasteiger partial charge is 0.241 e. The van der Waals surface area contributed by atoms with Crippen LogP contribution in [0.2, 0.25) is 0 Å². The summed E-state index contributed by atoms with van der Waals surface area (Å²) in [5.41, 5.74) is 3.07. The maximum atomic E-state index is 12.3. The molecule has 0 saturated carbocycles. The van der Waals surface area contributed by atoms with Crippen molar-refractivity contribution in [3.05, 3.63) is 39.7 Å². The maximum absolute atomic E-state index is 12.3. The lowest BCUT2D eigenvalue weighted by atomic mass is 10.1. The molecule has 0 aliphatic carbocycles. The number of aryl methyl sites for hydroxylation is 2. The second-order valence-electron chi connectivity index (χ2n) is 6.41. The van der Waals surface area contributed by atoms with E-state index >= 15 is 0 Å². The Hall–Kier alpha value is -2.21. The lowest BCUT2D eigenvalue weighted by Crippen LogP contribution is -2.39. The summed E-state index contributed by atoms with van der Waals surface area (Å²) < 4.78 is 0. The molecule has 0 atom stereocenters. The molecule has 1 aliphatic rings. The normalized spacial score (nSPS) is 13.9. The van der Waals surface area contributed by atoms with Crippen LogP contribution in [0.25, 0.3) is 11.3 Å². The van der Waals surface area contributed by atoms with Gasteiger partial charge in [0, 0.05) is 23.5 Å². The van der Waals surface area contributed by atoms with E-state index in [4.69, 9.17) is 0 Å². The third-order valence-corrected chi connectivity index (χ3v) is 5.32. The molecule has 6 heteroatoms. The van der Waals surface area contributed by atoms with Gasteiger partial charge in [-0.05, 0) is 26.7 Å². The molecule has 0 unspecified atom stereocenters. The zero-order valence-corrected chi connectivity index (χ0v) is 15.5. The van der Waals surface area contributed by atoms with Gasteiger partial charge in [0.15, 0.2) is 0 Å². The van der Waals surface area contributed by atoms with Crippen molar-refractivity contribution in [1.29, 1.82) is 0 Å². The van der Waals surface area contributed by atoms with Crippen molar-refractivity contribution in [2.75, 3.05) is 19.6 Å². The number of likely N-dealkylation sites (tertiary alicyclic amines) is 1. The first-order valence-corrected chi connectivity index (χ1v) is 9.42. The van der Waals surface area contributed by atoms with Crippen molar-refractivity contribution in [3.8, 4) is 11.3 Å². The molecule has 1 saturated heterocycles. The number of hydrogen-bond acceptors (Lipinski definition) is 4. The van der Waals surface area contributed by atoms with Gasteiger partial charge in [0.25, 0.3) is 0 Å². The maximum Gasteiger partial charge on any atom is 0.241 e. The lowest BCUT2D eigenvalue weighted by molar-refractivity contribution is -0.131. The van der Waals surface area contributed by atoms with Crippen LogP contribution in [0.4, 0.5) is 0 Å². The minimum atomic E-state index is -0.135. The number of thiazole rings is 1. The summed E-state index contributed by atoms with van der Waals surface area (Å²) in [4.78, 5) is 31.6. The molecule has 1 fully saturated rings. The summed E-state index contributed by atoms with van der Waals surface area (Å²) in [6.07, 6.45) is 2.36. The zero-order chi connectivity index (χ0) is 17.8. The monoisotopic (exact) mass is 357 g/mol. The van der Waals surface area contributed by atoms with Crippen LogP contribution >= 0.6 is 11.3 Å². The largest absolute Gasteiger partial charge is 0.347 e. The molecular weight excluding hydrogens is 334 g/mol. The second kappa shape index (κ2) is 7.78. The van der Waals surface area contributed by atoms with Gasteiger partial charge in [-0.2, -0.15) is 0 Å². The molecule has 2 aromatic rings. The third kappa shape index (κ3) is 4.45. The molecule has 2 amide bonds. The SMILES string of the molecule is Cc1ccc(-c2nc(C)sc2CC(=O)NCC(=O)N2CCCC2)cc1. The van der Waals surface area contributed by atoms with E-state index in [0.717, 1.165) is 47.1 Å². The highest BCUT2D eigenvalue weighted by Gasteiger charge is 2.19. The van der Waals surface area contributed by atoms with Gasteiger partial charge in [-0.15, -0.1) is 11.3 Å². The van der Waals surface area contributed by atoms with Crippen LogP contribution in [0.5, 0.6) is 0 Å². The fourth-order valence-corrected chi connectivity index (χ4v) is 3.94. The van der Waals surface area contributed by atoms with Crippen LogP contribution in [0.3, 0.4) is 0 Å². The Balaban J connectivity index is 1.63. The number of benzene rings is 1. The first-order valence-electron chi connectivity index (χ1n) is 8.61. The van der Waals surface area contributed by atoms with Crippen molar-refractivity contribution in [2.45, 2.75) is 33.1 Å². The molecule has 1 N–H and O–H groups in total. The Morgan fingerprint density at radius 3 is 2.52 bits per heavy atom. The van der Waals surface area contributed by atoms with Gasteiger partial charge in [0.1, 0.15) is 0 Å². The van der Waals surface area contributed by atoms with Crippen LogP contribution in [0.15, 0.2) is 24.3 Å². The minimum absolute atomic E-state index is 0.00472. The Morgan fingerprint density at radius 1 is 1.16 bits per heavy atom. The average molecular weight is 357 g/mol. The van der Waals surface area contributed by atoms with Crippen molar-refractivity contribution in [1.82, 2.24) is 15.2 Å². The third-order valence-electron chi connectivity index (χ3n) is 4.35. The first-order chi connectivity index (χ1) is 12.0. The predicted molar refractivity (Wildman–Crippen MR) is 99.6 cm³/mol. The zero-order valence-electron chi connectivity index (χ0n) is 14.7. The number of carbonyl (C=O) groups is 2. The molecule has 0 bridgehead atoms. The summed E-state index contributed by atoms with van der Waals surface area (Å²) in [6.45, 7) is 5.68. The average Bonchev–Trinajstić information content (AvgIpc) is 3.23. The molecule has 5 nitrogen and oxygen atoms in total. The number of nitrogens with one attached hydrogen (secondary N) is 1. The summed E-state index contributed by atoms with van der Waals surface area (Å²) in [7, 11) is 0. The predicted octanol–water partition coefficient (Wildman–Crippen LogP) is 2.71. The van der Waals surface area contributed by atoms with Crippen LogP contribution < -0.4 is 5.32 Å². The Morgan fingerprint density at radius 2 is 1.84 bits per heavy atom. The van der Waals surface area contributed by atoms with Crippen molar-refractivity contribution in [3.63, 3.8) is 0 Å². The van der Waals surface area contributed by atoms with E-state index < -0.39 is 0 Å². The molecule has 3 rings (SSSR count). The van der Waals surface area contributed by atoms with Gasteiger partial charge in [0.2, 0.25) is 11.8 Å². The van der Waals surface area contributed by atoms with Crippen LogP contribution in [-0.4, -0.2) is 41.3 Å². The summed E-state index contributed by atoms with van der Waals surface area (Å²) in [5, 5.41) is 3.69. The van der Waals surface area contributed by atoms with Gasteiger partial charge >= 0.3 is 0 Å². The molecule has 0 radical (unpaired) electrons. The Kier molecular flexibility index (Phi) is 5.48. The minimum Gasteiger partial charge on any atom is -0.347 e. The van der Waals surface area contributed by atoms with E-state index in [2.05, 4.69) is 10.3 Å². The van der Waals surface area contributed by atoms with Crippen LogP contribution in [0.1, 0.15) is 28.3 Å². The van der Waals surface area contributed by atoms with Gasteiger partial charge in [-0.25, -0.2) is 4.98 Å². The van der Waals surface area contributed by atoms with E-state index in [-0.39, 0.29) is 24.8 Å². The second-order valence-corrected chi connectivity index (χ2v) is 7.70. The van der Waals surface area contributed by atoms with Crippen LogP contribution in [-0.2, 0) is 16.0 Å². The van der Waals surface area contributed by atoms with E-state index in [1.807, 2.05) is 43.0 Å². The summed E-state index contributed by atoms with van der Waals surface area (Å²) >= 11 is 1.53. The Labute approximate surface area is 152 Å². The number of rotatable bonds is 5. The summed E-state index contributed by atoms with van der Waals surface area (Å²) in [5.74, 6) is -0.130. The lowest BCUT2D eigenvalue weighted by Gasteiger charge is -2.15. The highest BCUT2D eigenvalue weighted by Crippen LogP contribution is 2.28. The van der Waals surface area contributed by atoms with Gasteiger partial charge < -0.3 is 10.2 Å². The number of amides is 2. The highest BCUT2D eigenvalue weighted by atomic mass is 32.1. The van der Waals surface area contributed by atoms with Crippen molar-refractivity contribution >= 4 is 23.2 Å². The van der Waals surface area contributed by atoms with Crippen molar-refractivity contribution in [2.24, 2.45) is 0 Å². The number of aromatic nitrogens is 1.